The number of amides is 1. The fourth-order valence-electron chi connectivity index (χ4n) is 4.47. The minimum atomic E-state index is -3.93. The van der Waals surface area contributed by atoms with Crippen molar-refractivity contribution < 1.29 is 18.0 Å². The van der Waals surface area contributed by atoms with Crippen molar-refractivity contribution in [2.75, 3.05) is 4.90 Å². The van der Waals surface area contributed by atoms with Crippen LogP contribution < -0.4 is 15.4 Å². The molecule has 1 aliphatic carbocycles. The predicted molar refractivity (Wildman–Crippen MR) is 132 cm³/mol. The summed E-state index contributed by atoms with van der Waals surface area (Å²) in [4.78, 5) is 27.0. The van der Waals surface area contributed by atoms with Gasteiger partial charge < -0.3 is 5.32 Å². The average Bonchev–Trinajstić information content (AvgIpc) is 2.78. The van der Waals surface area contributed by atoms with Gasteiger partial charge in [-0.25, -0.2) is 13.6 Å². The molecule has 1 unspecified atom stereocenters. The number of sulfonamides is 1. The Bertz CT molecular complexity index is 1460. The molecule has 1 atom stereocenters. The van der Waals surface area contributed by atoms with Crippen molar-refractivity contribution in [1.29, 1.82) is 5.26 Å². The third kappa shape index (κ3) is 4.70. The zero-order chi connectivity index (χ0) is 25.5. The number of nitrogens with one attached hydrogen (secondary N) is 1. The van der Waals surface area contributed by atoms with Gasteiger partial charge in [-0.2, -0.15) is 5.26 Å². The fourth-order valence-corrected chi connectivity index (χ4v) is 5.50. The smallest absolute Gasteiger partial charge is 0.238 e. The second-order valence-electron chi connectivity index (χ2n) is 8.17. The number of hydrogen-bond donors (Lipinski definition) is 2. The number of nitrogens with two attached hydrogens (primary N) is 1. The van der Waals surface area contributed by atoms with E-state index in [0.29, 0.717) is 46.8 Å². The molecule has 0 spiro atoms. The van der Waals surface area contributed by atoms with E-state index in [1.807, 2.05) is 0 Å². The molecule has 1 heterocycles. The molecule has 4 rings (SSSR count). The van der Waals surface area contributed by atoms with Crippen LogP contribution in [0.5, 0.6) is 0 Å². The number of primary sulfonamides is 1. The highest BCUT2D eigenvalue weighted by Gasteiger charge is 2.42. The predicted octanol–water partition coefficient (Wildman–Crippen LogP) is 4.12. The molecule has 3 N–H and O–H groups in total. The number of nitrogens with zero attached hydrogens (tertiary/aromatic N) is 2. The van der Waals surface area contributed by atoms with Crippen LogP contribution in [-0.2, 0) is 19.6 Å². The van der Waals surface area contributed by atoms with E-state index in [1.165, 1.54) is 37.3 Å². The Balaban J connectivity index is 2.02. The Morgan fingerprint density at radius 3 is 2.43 bits per heavy atom. The van der Waals surface area contributed by atoms with Crippen LogP contribution in [0.1, 0.15) is 37.7 Å². The molecule has 0 fully saturated rings. The Hall–Kier alpha value is -3.16. The van der Waals surface area contributed by atoms with Crippen LogP contribution in [0.4, 0.5) is 5.69 Å². The number of nitriles is 1. The molecule has 0 saturated heterocycles. The van der Waals surface area contributed by atoms with E-state index in [4.69, 9.17) is 28.3 Å². The molecular formula is C24H20Cl2N4O4S. The third-order valence-corrected chi connectivity index (χ3v) is 7.36. The van der Waals surface area contributed by atoms with E-state index in [9.17, 15) is 23.3 Å². The van der Waals surface area contributed by atoms with Crippen LogP contribution in [0.3, 0.4) is 0 Å². The van der Waals surface area contributed by atoms with Crippen LogP contribution in [0, 0.1) is 11.3 Å². The molecule has 0 saturated carbocycles. The lowest BCUT2D eigenvalue weighted by molar-refractivity contribution is -0.118. The van der Waals surface area contributed by atoms with Gasteiger partial charge in [-0.05, 0) is 54.8 Å². The maximum absolute atomic E-state index is 13.3. The normalized spacial score (nSPS) is 18.3. The first kappa shape index (κ1) is 24.9. The molecular weight excluding hydrogens is 511 g/mol. The summed E-state index contributed by atoms with van der Waals surface area (Å²) < 4.78 is 23.5. The van der Waals surface area contributed by atoms with Gasteiger partial charge >= 0.3 is 0 Å². The number of hydrogen-bond acceptors (Lipinski definition) is 6. The second kappa shape index (κ2) is 9.47. The first-order chi connectivity index (χ1) is 16.5. The third-order valence-electron chi connectivity index (χ3n) is 5.87. The molecule has 2 aromatic carbocycles. The van der Waals surface area contributed by atoms with Gasteiger partial charge in [-0.3, -0.25) is 14.5 Å². The van der Waals surface area contributed by atoms with E-state index < -0.39 is 21.8 Å². The SMILES string of the molecule is CC(=O)NC1=C(C#N)C(c2ccc(Cl)cc2Cl)C2=C(CCCC2=O)N1c1ccc(S(N)(=O)=O)cc1. The molecule has 1 aliphatic heterocycles. The molecule has 8 nitrogen and oxygen atoms in total. The number of halogens is 2. The molecule has 0 radical (unpaired) electrons. The van der Waals surface area contributed by atoms with Crippen molar-refractivity contribution in [3.05, 3.63) is 80.7 Å². The molecule has 11 heteroatoms. The van der Waals surface area contributed by atoms with Crippen LogP contribution >= 0.6 is 23.2 Å². The highest BCUT2D eigenvalue weighted by Crippen LogP contribution is 2.48. The number of allylic oxidation sites excluding steroid dienone is 3. The Morgan fingerprint density at radius 1 is 1.17 bits per heavy atom. The fraction of sp³-hybridized carbons (Fsp3) is 0.208. The van der Waals surface area contributed by atoms with Gasteiger partial charge in [-0.1, -0.05) is 29.3 Å². The van der Waals surface area contributed by atoms with Crippen molar-refractivity contribution in [2.45, 2.75) is 37.0 Å². The summed E-state index contributed by atoms with van der Waals surface area (Å²) in [6.45, 7) is 1.31. The quantitative estimate of drug-likeness (QED) is 0.610. The number of Topliss-reactive ketones (excluding diaryl/α,β-unsaturated/α-hetero) is 1. The van der Waals surface area contributed by atoms with Crippen molar-refractivity contribution in [3.63, 3.8) is 0 Å². The molecule has 0 bridgehead atoms. The molecule has 1 amide bonds. The number of anilines is 1. The van der Waals surface area contributed by atoms with Crippen molar-refractivity contribution in [2.24, 2.45) is 5.14 Å². The minimum Gasteiger partial charge on any atom is -0.311 e. The standard InChI is InChI=1S/C24H20Cl2N4O4S/c1-13(31)29-24-18(12-27)22(17-10-5-14(25)11-19(17)26)23-20(3-2-4-21(23)32)30(24)15-6-8-16(9-7-15)35(28,33)34/h5-11,22H,2-4H2,1H3,(H,29,31)(H2,28,33,34). The van der Waals surface area contributed by atoms with Crippen molar-refractivity contribution in [1.82, 2.24) is 5.32 Å². The van der Waals surface area contributed by atoms with E-state index in [1.54, 1.807) is 17.0 Å². The van der Waals surface area contributed by atoms with E-state index in [0.717, 1.165) is 0 Å². The maximum Gasteiger partial charge on any atom is 0.238 e. The van der Waals surface area contributed by atoms with Gasteiger partial charge in [0.15, 0.2) is 5.78 Å². The van der Waals surface area contributed by atoms with Gasteiger partial charge in [0.1, 0.15) is 5.82 Å². The lowest BCUT2D eigenvalue weighted by Gasteiger charge is -2.41. The topological polar surface area (TPSA) is 133 Å². The number of carbonyl (C=O) groups is 2. The van der Waals surface area contributed by atoms with Crippen LogP contribution in [0.15, 0.2) is 70.0 Å². The van der Waals surface area contributed by atoms with E-state index in [-0.39, 0.29) is 27.1 Å². The van der Waals surface area contributed by atoms with Crippen LogP contribution in [0.2, 0.25) is 10.0 Å². The lowest BCUT2D eigenvalue weighted by atomic mass is 9.75. The lowest BCUT2D eigenvalue weighted by Crippen LogP contribution is -2.42. The van der Waals surface area contributed by atoms with Crippen LogP contribution in [0.25, 0.3) is 0 Å². The van der Waals surface area contributed by atoms with Gasteiger partial charge in [-0.15, -0.1) is 0 Å². The first-order valence-corrected chi connectivity index (χ1v) is 12.9. The average molecular weight is 531 g/mol. The zero-order valence-electron chi connectivity index (χ0n) is 18.5. The monoisotopic (exact) mass is 530 g/mol. The molecule has 35 heavy (non-hydrogen) atoms. The van der Waals surface area contributed by atoms with Crippen molar-refractivity contribution >= 4 is 50.6 Å². The van der Waals surface area contributed by atoms with Crippen molar-refractivity contribution in [3.8, 4) is 6.07 Å². The van der Waals surface area contributed by atoms with E-state index in [2.05, 4.69) is 11.4 Å². The summed E-state index contributed by atoms with van der Waals surface area (Å²) in [6, 6.07) is 12.7. The summed E-state index contributed by atoms with van der Waals surface area (Å²) in [5.74, 6) is -1.20. The van der Waals surface area contributed by atoms with E-state index >= 15 is 0 Å². The number of carbonyl (C=O) groups excluding carboxylic acids is 2. The highest BCUT2D eigenvalue weighted by molar-refractivity contribution is 7.89. The number of benzene rings is 2. The largest absolute Gasteiger partial charge is 0.311 e. The molecule has 0 aromatic heterocycles. The summed E-state index contributed by atoms with van der Waals surface area (Å²) in [7, 11) is -3.93. The highest BCUT2D eigenvalue weighted by atomic mass is 35.5. The van der Waals surface area contributed by atoms with Gasteiger partial charge in [0.25, 0.3) is 0 Å². The summed E-state index contributed by atoms with van der Waals surface area (Å²) >= 11 is 12.6. The number of ketones is 1. The van der Waals surface area contributed by atoms with Gasteiger partial charge in [0.05, 0.1) is 22.5 Å². The molecule has 2 aromatic rings. The maximum atomic E-state index is 13.3. The summed E-state index contributed by atoms with van der Waals surface area (Å²) in [6.07, 6.45) is 1.36. The van der Waals surface area contributed by atoms with Gasteiger partial charge in [0.2, 0.25) is 15.9 Å². The Labute approximate surface area is 212 Å². The zero-order valence-corrected chi connectivity index (χ0v) is 20.8. The first-order valence-electron chi connectivity index (χ1n) is 10.6. The second-order valence-corrected chi connectivity index (χ2v) is 10.6. The Kier molecular flexibility index (Phi) is 6.75. The number of rotatable bonds is 4. The Morgan fingerprint density at radius 2 is 1.86 bits per heavy atom. The molecule has 180 valence electrons. The minimum absolute atomic E-state index is 0.0939. The summed E-state index contributed by atoms with van der Waals surface area (Å²) in [5.41, 5.74) is 2.10. The molecule has 2 aliphatic rings. The summed E-state index contributed by atoms with van der Waals surface area (Å²) in [5, 5.41) is 18.9. The van der Waals surface area contributed by atoms with Crippen LogP contribution in [-0.4, -0.2) is 20.1 Å². The van der Waals surface area contributed by atoms with Gasteiger partial charge in [0, 0.05) is 40.3 Å².